The lowest BCUT2D eigenvalue weighted by atomic mass is 10.1. The zero-order chi connectivity index (χ0) is 20.4. The fraction of sp³-hybridized carbons (Fsp3) is 0.450. The van der Waals surface area contributed by atoms with Crippen LogP contribution in [0, 0.1) is 0 Å². The van der Waals surface area contributed by atoms with Crippen LogP contribution < -0.4 is 20.7 Å². The molecule has 160 valence electrons. The van der Waals surface area contributed by atoms with Gasteiger partial charge in [-0.2, -0.15) is 0 Å². The molecule has 3 N–H and O–H groups in total. The van der Waals surface area contributed by atoms with Gasteiger partial charge < -0.3 is 25.2 Å². The molecule has 1 aromatic heterocycles. The zero-order valence-corrected chi connectivity index (χ0v) is 19.7. The maximum atomic E-state index is 12.1. The average molecular weight is 515 g/mol. The first-order valence-electron chi connectivity index (χ1n) is 9.41. The Kier molecular flexibility index (Phi) is 11.1. The van der Waals surface area contributed by atoms with E-state index in [1.807, 2.05) is 38.1 Å². The molecule has 0 aliphatic heterocycles. The first-order valence-corrected chi connectivity index (χ1v) is 9.41. The molecule has 9 heteroatoms. The van der Waals surface area contributed by atoms with Crippen LogP contribution in [0.2, 0.25) is 0 Å². The molecule has 0 saturated carbocycles. The molecule has 1 heterocycles. The highest BCUT2D eigenvalue weighted by Gasteiger charge is 2.13. The lowest BCUT2D eigenvalue weighted by molar-refractivity contribution is -0.120. The van der Waals surface area contributed by atoms with Gasteiger partial charge in [0.05, 0.1) is 19.3 Å². The molecule has 0 atom stereocenters. The Morgan fingerprint density at radius 2 is 1.83 bits per heavy atom. The van der Waals surface area contributed by atoms with Crippen LogP contribution in [0.25, 0.3) is 0 Å². The van der Waals surface area contributed by atoms with Crippen LogP contribution in [0.1, 0.15) is 36.4 Å². The van der Waals surface area contributed by atoms with Crippen LogP contribution in [0.4, 0.5) is 0 Å². The van der Waals surface area contributed by atoms with Gasteiger partial charge in [0.1, 0.15) is 11.5 Å². The molecule has 1 amide bonds. The van der Waals surface area contributed by atoms with Crippen molar-refractivity contribution < 1.29 is 14.1 Å². The maximum absolute atomic E-state index is 12.1. The largest absolute Gasteiger partial charge is 0.497 e. The predicted molar refractivity (Wildman–Crippen MR) is 124 cm³/mol. The lowest BCUT2D eigenvalue weighted by Crippen LogP contribution is -2.42. The van der Waals surface area contributed by atoms with E-state index in [1.165, 1.54) is 0 Å². The second-order valence-electron chi connectivity index (χ2n) is 6.14. The molecule has 0 aliphatic carbocycles. The number of hydrogen-bond donors (Lipinski definition) is 3. The second kappa shape index (κ2) is 13.0. The van der Waals surface area contributed by atoms with Gasteiger partial charge in [-0.15, -0.1) is 24.0 Å². The van der Waals surface area contributed by atoms with Gasteiger partial charge >= 0.3 is 0 Å². The summed E-state index contributed by atoms with van der Waals surface area (Å²) in [6.07, 6.45) is 1.59. The topological polar surface area (TPSA) is 101 Å². The third-order valence-electron chi connectivity index (χ3n) is 4.33. The van der Waals surface area contributed by atoms with E-state index in [0.717, 1.165) is 41.2 Å². The molecule has 2 rings (SSSR count). The summed E-state index contributed by atoms with van der Waals surface area (Å²) in [5.74, 6) is 2.09. The van der Waals surface area contributed by atoms with E-state index in [1.54, 1.807) is 14.2 Å². The van der Waals surface area contributed by atoms with Gasteiger partial charge in [-0.25, -0.2) is 0 Å². The summed E-state index contributed by atoms with van der Waals surface area (Å²) in [6.45, 7) is 5.20. The second-order valence-corrected chi connectivity index (χ2v) is 6.14. The Morgan fingerprint density at radius 1 is 1.10 bits per heavy atom. The average Bonchev–Trinajstić information content (AvgIpc) is 3.14. The number of ether oxygens (including phenoxy) is 1. The Balaban J connectivity index is 0.00000420. The van der Waals surface area contributed by atoms with E-state index in [-0.39, 0.29) is 36.4 Å². The number of aliphatic imine (C=N–C) groups is 1. The Hall–Kier alpha value is -2.30. The fourth-order valence-corrected chi connectivity index (χ4v) is 2.70. The molecular weight excluding hydrogens is 485 g/mol. The minimum atomic E-state index is -0.118. The van der Waals surface area contributed by atoms with Crippen LogP contribution in [-0.2, 0) is 30.7 Å². The van der Waals surface area contributed by atoms with Gasteiger partial charge in [0, 0.05) is 32.1 Å². The first kappa shape index (κ1) is 24.7. The van der Waals surface area contributed by atoms with Crippen molar-refractivity contribution in [2.75, 3.05) is 20.7 Å². The Morgan fingerprint density at radius 3 is 2.41 bits per heavy atom. The van der Waals surface area contributed by atoms with Crippen LogP contribution >= 0.6 is 24.0 Å². The van der Waals surface area contributed by atoms with Gasteiger partial charge in [-0.3, -0.25) is 9.79 Å². The molecule has 29 heavy (non-hydrogen) atoms. The fourth-order valence-electron chi connectivity index (χ4n) is 2.70. The van der Waals surface area contributed by atoms with Gasteiger partial charge in [-0.1, -0.05) is 31.1 Å². The number of rotatable bonds is 9. The van der Waals surface area contributed by atoms with E-state index in [9.17, 15) is 4.79 Å². The maximum Gasteiger partial charge on any atom is 0.239 e. The number of aromatic nitrogens is 1. The third kappa shape index (κ3) is 7.56. The van der Waals surface area contributed by atoms with Crippen LogP contribution in [0.3, 0.4) is 0 Å². The highest BCUT2D eigenvalue weighted by molar-refractivity contribution is 14.0. The van der Waals surface area contributed by atoms with Crippen LogP contribution in [0.5, 0.6) is 5.75 Å². The minimum absolute atomic E-state index is 0. The highest BCUT2D eigenvalue weighted by atomic mass is 127. The van der Waals surface area contributed by atoms with E-state index >= 15 is 0 Å². The summed E-state index contributed by atoms with van der Waals surface area (Å²) >= 11 is 0. The number of methoxy groups -OCH3 is 1. The van der Waals surface area contributed by atoms with Crippen molar-refractivity contribution in [2.45, 2.75) is 39.8 Å². The number of nitrogens with zero attached hydrogens (tertiary/aromatic N) is 2. The van der Waals surface area contributed by atoms with Gasteiger partial charge in [-0.05, 0) is 24.1 Å². The summed E-state index contributed by atoms with van der Waals surface area (Å²) in [4.78, 5) is 16.2. The monoisotopic (exact) mass is 515 g/mol. The van der Waals surface area contributed by atoms with Crippen molar-refractivity contribution in [2.24, 2.45) is 4.99 Å². The summed E-state index contributed by atoms with van der Waals surface area (Å²) in [7, 11) is 3.29. The SMILES string of the molecule is CCc1noc(CC)c1CNC(=NC)NCC(=O)NCc1ccc(OC)cc1.I. The van der Waals surface area contributed by atoms with E-state index in [0.29, 0.717) is 19.0 Å². The number of nitrogens with one attached hydrogen (secondary N) is 3. The van der Waals surface area contributed by atoms with Crippen molar-refractivity contribution in [3.8, 4) is 5.75 Å². The van der Waals surface area contributed by atoms with Crippen molar-refractivity contribution in [3.05, 3.63) is 46.8 Å². The molecule has 0 aliphatic rings. The Labute approximate surface area is 188 Å². The molecule has 0 fully saturated rings. The number of carbonyl (C=O) groups is 1. The smallest absolute Gasteiger partial charge is 0.239 e. The third-order valence-corrected chi connectivity index (χ3v) is 4.33. The minimum Gasteiger partial charge on any atom is -0.497 e. The molecular formula is C20H30IN5O3. The molecule has 1 aromatic carbocycles. The summed E-state index contributed by atoms with van der Waals surface area (Å²) in [6, 6.07) is 7.57. The molecule has 0 radical (unpaired) electrons. The highest BCUT2D eigenvalue weighted by Crippen LogP contribution is 2.15. The Bertz CT molecular complexity index is 768. The zero-order valence-electron chi connectivity index (χ0n) is 17.4. The summed E-state index contributed by atoms with van der Waals surface area (Å²) in [5.41, 5.74) is 3.00. The number of carbonyl (C=O) groups excluding carboxylic acids is 1. The van der Waals surface area contributed by atoms with Crippen molar-refractivity contribution in [3.63, 3.8) is 0 Å². The summed E-state index contributed by atoms with van der Waals surface area (Å²) in [5, 5.41) is 13.2. The van der Waals surface area contributed by atoms with Gasteiger partial charge in [0.2, 0.25) is 5.91 Å². The van der Waals surface area contributed by atoms with Crippen molar-refractivity contribution in [1.29, 1.82) is 0 Å². The van der Waals surface area contributed by atoms with Crippen molar-refractivity contribution >= 4 is 35.8 Å². The van der Waals surface area contributed by atoms with E-state index in [4.69, 9.17) is 9.26 Å². The van der Waals surface area contributed by atoms with E-state index < -0.39 is 0 Å². The normalized spacial score (nSPS) is 10.8. The number of benzene rings is 1. The van der Waals surface area contributed by atoms with E-state index in [2.05, 4.69) is 26.1 Å². The lowest BCUT2D eigenvalue weighted by Gasteiger charge is -2.12. The standard InChI is InChI=1S/C20H29N5O3.HI/c1-5-17-16(18(6-2)28-25-17)12-23-20(21-3)24-13-19(26)22-11-14-7-9-15(27-4)10-8-14;/h7-10H,5-6,11-13H2,1-4H3,(H,22,26)(H2,21,23,24);1H. The quantitative estimate of drug-likeness (QED) is 0.270. The molecule has 0 saturated heterocycles. The molecule has 0 bridgehead atoms. The first-order chi connectivity index (χ1) is 13.6. The molecule has 0 spiro atoms. The molecule has 0 unspecified atom stereocenters. The van der Waals surface area contributed by atoms with Gasteiger partial charge in [0.15, 0.2) is 5.96 Å². The molecule has 8 nitrogen and oxygen atoms in total. The van der Waals surface area contributed by atoms with Gasteiger partial charge in [0.25, 0.3) is 0 Å². The van der Waals surface area contributed by atoms with Crippen molar-refractivity contribution in [1.82, 2.24) is 21.1 Å². The van der Waals surface area contributed by atoms with Crippen LogP contribution in [0.15, 0.2) is 33.8 Å². The number of aryl methyl sites for hydroxylation is 2. The predicted octanol–water partition coefficient (Wildman–Crippen LogP) is 2.41. The van der Waals surface area contributed by atoms with Crippen LogP contribution in [-0.4, -0.2) is 37.7 Å². The molecule has 2 aromatic rings. The summed E-state index contributed by atoms with van der Waals surface area (Å²) < 4.78 is 10.5. The number of halogens is 1. The number of amides is 1. The number of guanidine groups is 1. The number of hydrogen-bond acceptors (Lipinski definition) is 5.